The highest BCUT2D eigenvalue weighted by Crippen LogP contribution is 2.36. The van der Waals surface area contributed by atoms with E-state index in [1.165, 1.54) is 10.8 Å². The van der Waals surface area contributed by atoms with Gasteiger partial charge >= 0.3 is 0 Å². The number of phenolic OH excluding ortho intramolecular Hbond substituents is 1. The van der Waals surface area contributed by atoms with E-state index in [1.807, 2.05) is 30.3 Å². The van der Waals surface area contributed by atoms with Gasteiger partial charge in [0.2, 0.25) is 0 Å². The summed E-state index contributed by atoms with van der Waals surface area (Å²) >= 11 is 3.58. The van der Waals surface area contributed by atoms with Crippen LogP contribution in [0, 0.1) is 0 Å². The van der Waals surface area contributed by atoms with Crippen LogP contribution in [0.3, 0.4) is 0 Å². The monoisotopic (exact) mass is 298 g/mol. The number of aromatic hydroxyl groups is 1. The first-order valence-electron chi connectivity index (χ1n) is 5.72. The van der Waals surface area contributed by atoms with Crippen molar-refractivity contribution in [1.82, 2.24) is 0 Å². The van der Waals surface area contributed by atoms with Gasteiger partial charge in [-0.05, 0) is 29.0 Å². The molecular formula is C16H11BrO. The van der Waals surface area contributed by atoms with Crippen molar-refractivity contribution < 1.29 is 5.11 Å². The van der Waals surface area contributed by atoms with E-state index >= 15 is 0 Å². The van der Waals surface area contributed by atoms with Crippen LogP contribution in [0.2, 0.25) is 0 Å². The van der Waals surface area contributed by atoms with Crippen molar-refractivity contribution in [2.75, 3.05) is 0 Å². The Hall–Kier alpha value is -1.80. The van der Waals surface area contributed by atoms with Crippen molar-refractivity contribution in [2.45, 2.75) is 0 Å². The number of fused-ring (bicyclic) bond motifs is 1. The third kappa shape index (κ3) is 1.89. The molecule has 88 valence electrons. The summed E-state index contributed by atoms with van der Waals surface area (Å²) in [5.41, 5.74) is 1.85. The number of halogens is 1. The summed E-state index contributed by atoms with van der Waals surface area (Å²) in [4.78, 5) is 0. The molecule has 0 amide bonds. The lowest BCUT2D eigenvalue weighted by Gasteiger charge is -2.09. The Bertz CT molecular complexity index is 719. The van der Waals surface area contributed by atoms with Crippen LogP contribution in [-0.4, -0.2) is 5.11 Å². The van der Waals surface area contributed by atoms with Gasteiger partial charge < -0.3 is 5.11 Å². The highest BCUT2D eigenvalue weighted by atomic mass is 79.9. The second kappa shape index (κ2) is 4.46. The normalized spacial score (nSPS) is 10.7. The summed E-state index contributed by atoms with van der Waals surface area (Å²) in [7, 11) is 0. The summed E-state index contributed by atoms with van der Waals surface area (Å²) in [5, 5.41) is 12.3. The Balaban J connectivity index is 2.30. The minimum absolute atomic E-state index is 0.300. The van der Waals surface area contributed by atoms with E-state index in [0.717, 1.165) is 15.6 Å². The molecule has 18 heavy (non-hydrogen) atoms. The number of rotatable bonds is 1. The molecule has 0 aromatic heterocycles. The molecule has 1 nitrogen and oxygen atoms in total. The van der Waals surface area contributed by atoms with Crippen molar-refractivity contribution in [1.29, 1.82) is 0 Å². The first-order chi connectivity index (χ1) is 8.75. The third-order valence-electron chi connectivity index (χ3n) is 3.03. The van der Waals surface area contributed by atoms with E-state index < -0.39 is 0 Å². The predicted molar refractivity (Wildman–Crippen MR) is 78.7 cm³/mol. The zero-order valence-electron chi connectivity index (χ0n) is 9.60. The van der Waals surface area contributed by atoms with Gasteiger partial charge in [0, 0.05) is 15.6 Å². The maximum atomic E-state index is 9.94. The second-order valence-electron chi connectivity index (χ2n) is 4.20. The maximum Gasteiger partial charge on any atom is 0.123 e. The largest absolute Gasteiger partial charge is 0.507 e. The number of hydrogen-bond acceptors (Lipinski definition) is 1. The molecule has 0 saturated carbocycles. The van der Waals surface area contributed by atoms with E-state index in [-0.39, 0.29) is 0 Å². The first-order valence-corrected chi connectivity index (χ1v) is 6.51. The van der Waals surface area contributed by atoms with Crippen molar-refractivity contribution in [3.63, 3.8) is 0 Å². The van der Waals surface area contributed by atoms with E-state index in [9.17, 15) is 5.11 Å². The number of para-hydroxylation sites is 1. The topological polar surface area (TPSA) is 20.2 Å². The molecular weight excluding hydrogens is 288 g/mol. The third-order valence-corrected chi connectivity index (χ3v) is 3.69. The highest BCUT2D eigenvalue weighted by Gasteiger charge is 2.08. The maximum absolute atomic E-state index is 9.94. The SMILES string of the molecule is Oc1ccccc1-c1cc2ccccc2cc1Br. The van der Waals surface area contributed by atoms with Crippen LogP contribution in [0.4, 0.5) is 0 Å². The fourth-order valence-corrected chi connectivity index (χ4v) is 2.69. The Morgan fingerprint density at radius 1 is 0.722 bits per heavy atom. The van der Waals surface area contributed by atoms with Gasteiger partial charge in [-0.1, -0.05) is 58.4 Å². The fraction of sp³-hybridized carbons (Fsp3) is 0. The van der Waals surface area contributed by atoms with Crippen LogP contribution >= 0.6 is 15.9 Å². The van der Waals surface area contributed by atoms with Crippen molar-refractivity contribution in [2.24, 2.45) is 0 Å². The Labute approximate surface area is 114 Å². The molecule has 0 spiro atoms. The molecule has 0 aliphatic carbocycles. The summed E-state index contributed by atoms with van der Waals surface area (Å²) in [5.74, 6) is 0.300. The summed E-state index contributed by atoms with van der Waals surface area (Å²) in [6.07, 6.45) is 0. The van der Waals surface area contributed by atoms with Gasteiger partial charge in [-0.15, -0.1) is 0 Å². The van der Waals surface area contributed by atoms with E-state index in [4.69, 9.17) is 0 Å². The van der Waals surface area contributed by atoms with Gasteiger partial charge in [-0.3, -0.25) is 0 Å². The molecule has 0 unspecified atom stereocenters. The molecule has 0 aliphatic rings. The van der Waals surface area contributed by atoms with E-state index in [1.54, 1.807) is 6.07 Å². The van der Waals surface area contributed by atoms with Gasteiger partial charge in [-0.2, -0.15) is 0 Å². The van der Waals surface area contributed by atoms with Crippen LogP contribution in [-0.2, 0) is 0 Å². The van der Waals surface area contributed by atoms with Crippen LogP contribution in [0.15, 0.2) is 65.1 Å². The van der Waals surface area contributed by atoms with Crippen LogP contribution in [0.25, 0.3) is 21.9 Å². The van der Waals surface area contributed by atoms with Gasteiger partial charge in [0.1, 0.15) is 5.75 Å². The summed E-state index contributed by atoms with van der Waals surface area (Å²) in [6, 6.07) is 19.7. The van der Waals surface area contributed by atoms with Crippen molar-refractivity contribution in [3.8, 4) is 16.9 Å². The molecule has 3 aromatic carbocycles. The van der Waals surface area contributed by atoms with Crippen LogP contribution in [0.5, 0.6) is 5.75 Å². The molecule has 0 bridgehead atoms. The number of benzene rings is 3. The first kappa shape index (κ1) is 11.3. The smallest absolute Gasteiger partial charge is 0.123 e. The van der Waals surface area contributed by atoms with E-state index in [0.29, 0.717) is 5.75 Å². The van der Waals surface area contributed by atoms with Gasteiger partial charge in [-0.25, -0.2) is 0 Å². The molecule has 3 rings (SSSR count). The lowest BCUT2D eigenvalue weighted by Crippen LogP contribution is -1.82. The van der Waals surface area contributed by atoms with Crippen LogP contribution in [0.1, 0.15) is 0 Å². The average Bonchev–Trinajstić information content (AvgIpc) is 2.39. The number of phenols is 1. The minimum Gasteiger partial charge on any atom is -0.507 e. The van der Waals surface area contributed by atoms with Gasteiger partial charge in [0.25, 0.3) is 0 Å². The Morgan fingerprint density at radius 3 is 2.06 bits per heavy atom. The minimum atomic E-state index is 0.300. The van der Waals surface area contributed by atoms with Crippen molar-refractivity contribution >= 4 is 26.7 Å². The molecule has 0 aliphatic heterocycles. The highest BCUT2D eigenvalue weighted by molar-refractivity contribution is 9.10. The number of hydrogen-bond donors (Lipinski definition) is 1. The predicted octanol–water partition coefficient (Wildman–Crippen LogP) is 4.97. The quantitative estimate of drug-likeness (QED) is 0.672. The molecule has 0 saturated heterocycles. The Kier molecular flexibility index (Phi) is 2.80. The van der Waals surface area contributed by atoms with Crippen LogP contribution < -0.4 is 0 Å². The molecule has 1 N–H and O–H groups in total. The average molecular weight is 299 g/mol. The summed E-state index contributed by atoms with van der Waals surface area (Å²) < 4.78 is 0.989. The van der Waals surface area contributed by atoms with Crippen molar-refractivity contribution in [3.05, 3.63) is 65.1 Å². The molecule has 0 radical (unpaired) electrons. The Morgan fingerprint density at radius 2 is 1.33 bits per heavy atom. The molecule has 2 heteroatoms. The zero-order chi connectivity index (χ0) is 12.5. The fourth-order valence-electron chi connectivity index (χ4n) is 2.12. The molecule has 0 heterocycles. The van der Waals surface area contributed by atoms with E-state index in [2.05, 4.69) is 40.2 Å². The molecule has 0 fully saturated rings. The lowest BCUT2D eigenvalue weighted by molar-refractivity contribution is 0.477. The van der Waals surface area contributed by atoms with Gasteiger partial charge in [0.05, 0.1) is 0 Å². The molecule has 0 atom stereocenters. The lowest BCUT2D eigenvalue weighted by atomic mass is 10.0. The summed E-state index contributed by atoms with van der Waals surface area (Å²) in [6.45, 7) is 0. The zero-order valence-corrected chi connectivity index (χ0v) is 11.2. The van der Waals surface area contributed by atoms with Gasteiger partial charge in [0.15, 0.2) is 0 Å². The molecule has 3 aromatic rings. The second-order valence-corrected chi connectivity index (χ2v) is 5.05. The standard InChI is InChI=1S/C16H11BrO/c17-15-10-12-6-2-1-5-11(12)9-14(15)13-7-3-4-8-16(13)18/h1-10,18H.